The second-order valence-corrected chi connectivity index (χ2v) is 6.20. The zero-order valence-corrected chi connectivity index (χ0v) is 10.8. The molecule has 0 aromatic heterocycles. The summed E-state index contributed by atoms with van der Waals surface area (Å²) in [6.45, 7) is 9.34. The minimum absolute atomic E-state index is 0.661. The summed E-state index contributed by atoms with van der Waals surface area (Å²) in [6.07, 6.45) is 9.48. The van der Waals surface area contributed by atoms with Gasteiger partial charge >= 0.3 is 0 Å². The van der Waals surface area contributed by atoms with Crippen LogP contribution in [-0.4, -0.2) is 0 Å². The molecule has 3 fully saturated rings. The van der Waals surface area contributed by atoms with Gasteiger partial charge in [0.25, 0.3) is 0 Å². The average Bonchev–Trinajstić information content (AvgIpc) is 2.16. The third-order valence-corrected chi connectivity index (χ3v) is 4.97. The summed E-state index contributed by atoms with van der Waals surface area (Å²) in [5.41, 5.74) is 2.14. The summed E-state index contributed by atoms with van der Waals surface area (Å²) >= 11 is 0. The van der Waals surface area contributed by atoms with E-state index in [1.165, 1.54) is 37.7 Å². The van der Waals surface area contributed by atoms with Crippen LogP contribution >= 0.6 is 0 Å². The number of fused-ring (bicyclic) bond motifs is 2. The Morgan fingerprint density at radius 3 is 2.73 bits per heavy atom. The van der Waals surface area contributed by atoms with Crippen molar-refractivity contribution >= 4 is 0 Å². The van der Waals surface area contributed by atoms with Crippen LogP contribution in [0.5, 0.6) is 0 Å². The van der Waals surface area contributed by atoms with Crippen molar-refractivity contribution in [2.75, 3.05) is 0 Å². The highest BCUT2D eigenvalue weighted by Crippen LogP contribution is 2.64. The molecular formula is C15H25+. The lowest BCUT2D eigenvalue weighted by Crippen LogP contribution is -2.52. The summed E-state index contributed by atoms with van der Waals surface area (Å²) in [5, 5.41) is 0. The van der Waals surface area contributed by atoms with Crippen molar-refractivity contribution in [2.45, 2.75) is 59.8 Å². The molecule has 0 spiro atoms. The van der Waals surface area contributed by atoms with Gasteiger partial charge in [-0.25, -0.2) is 0 Å². The number of allylic oxidation sites excluding steroid dienone is 2. The lowest BCUT2D eigenvalue weighted by Gasteiger charge is -2.55. The van der Waals surface area contributed by atoms with Gasteiger partial charge < -0.3 is 0 Å². The summed E-state index contributed by atoms with van der Waals surface area (Å²) in [4.78, 5) is 0. The molecule has 3 rings (SSSR count). The van der Waals surface area contributed by atoms with Crippen molar-refractivity contribution in [2.24, 2.45) is 17.3 Å². The maximum absolute atomic E-state index is 2.54. The van der Waals surface area contributed by atoms with E-state index < -0.39 is 0 Å². The van der Waals surface area contributed by atoms with Crippen molar-refractivity contribution in [1.29, 1.82) is 0 Å². The zero-order valence-electron chi connectivity index (χ0n) is 10.8. The van der Waals surface area contributed by atoms with E-state index in [4.69, 9.17) is 0 Å². The zero-order chi connectivity index (χ0) is 11.1. The van der Waals surface area contributed by atoms with Gasteiger partial charge in [-0.15, -0.1) is 0 Å². The molecule has 0 nitrogen and oxygen atoms in total. The number of rotatable bonds is 3. The Morgan fingerprint density at radius 2 is 2.20 bits per heavy atom. The largest absolute Gasteiger partial charge is 0.106 e. The fourth-order valence-corrected chi connectivity index (χ4v) is 3.78. The van der Waals surface area contributed by atoms with Gasteiger partial charge in [0, 0.05) is 5.41 Å². The molecule has 0 N–H and O–H groups in total. The first-order valence-corrected chi connectivity index (χ1v) is 6.49. The molecule has 15 heavy (non-hydrogen) atoms. The summed E-state index contributed by atoms with van der Waals surface area (Å²) in [6, 6.07) is 0. The topological polar surface area (TPSA) is 0 Å². The lowest BCUT2D eigenvalue weighted by atomic mass is 9.44. The molecule has 0 aliphatic heterocycles. The standard InChI is InChI=1S/C15H25/c1-11(2)6-5-9-15(4)13-8-7-12(3)14(15)10-13/h6,13-14H,5,7-10H2,1-4H3/q+1. The predicted molar refractivity (Wildman–Crippen MR) is 66.5 cm³/mol. The van der Waals surface area contributed by atoms with Gasteiger partial charge in [-0.05, 0) is 45.4 Å². The van der Waals surface area contributed by atoms with Crippen LogP contribution in [0.2, 0.25) is 0 Å². The monoisotopic (exact) mass is 205 g/mol. The van der Waals surface area contributed by atoms with Crippen molar-refractivity contribution in [1.82, 2.24) is 0 Å². The molecule has 0 heterocycles. The highest BCUT2D eigenvalue weighted by molar-refractivity contribution is 5.15. The minimum Gasteiger partial charge on any atom is -0.0859 e. The molecule has 0 heteroatoms. The van der Waals surface area contributed by atoms with Crippen molar-refractivity contribution in [3.8, 4) is 0 Å². The first kappa shape index (κ1) is 11.1. The van der Waals surface area contributed by atoms with E-state index in [-0.39, 0.29) is 0 Å². The molecule has 2 bridgehead atoms. The van der Waals surface area contributed by atoms with Crippen LogP contribution in [0, 0.1) is 23.2 Å². The summed E-state index contributed by atoms with van der Waals surface area (Å²) in [7, 11) is 0. The molecule has 3 atom stereocenters. The number of hydrogen-bond acceptors (Lipinski definition) is 0. The van der Waals surface area contributed by atoms with Gasteiger partial charge in [0.1, 0.15) is 5.92 Å². The van der Waals surface area contributed by atoms with Gasteiger partial charge in [-0.3, -0.25) is 0 Å². The first-order valence-electron chi connectivity index (χ1n) is 6.49. The Labute approximate surface area is 95.1 Å². The predicted octanol–water partition coefficient (Wildman–Crippen LogP) is 4.76. The molecule has 3 aliphatic rings. The Morgan fingerprint density at radius 1 is 1.47 bits per heavy atom. The number of hydrogen-bond donors (Lipinski definition) is 0. The first-order chi connectivity index (χ1) is 7.04. The summed E-state index contributed by atoms with van der Waals surface area (Å²) in [5.74, 6) is 3.79. The van der Waals surface area contributed by atoms with Gasteiger partial charge in [-0.1, -0.05) is 18.6 Å². The maximum atomic E-state index is 2.54. The molecular weight excluding hydrogens is 180 g/mol. The van der Waals surface area contributed by atoms with Crippen molar-refractivity contribution < 1.29 is 0 Å². The van der Waals surface area contributed by atoms with Crippen LogP contribution in [0.25, 0.3) is 0 Å². The van der Waals surface area contributed by atoms with Crippen LogP contribution in [0.15, 0.2) is 11.6 Å². The van der Waals surface area contributed by atoms with Gasteiger partial charge in [0.2, 0.25) is 0 Å². The molecule has 0 aromatic rings. The molecule has 84 valence electrons. The van der Waals surface area contributed by atoms with E-state index in [2.05, 4.69) is 33.8 Å². The fraction of sp³-hybridized carbons (Fsp3) is 0.800. The Kier molecular flexibility index (Phi) is 2.87. The Balaban J connectivity index is 1.93. The van der Waals surface area contributed by atoms with Crippen LogP contribution in [0.1, 0.15) is 59.8 Å². The highest BCUT2D eigenvalue weighted by atomic mass is 14.6. The van der Waals surface area contributed by atoms with Crippen LogP contribution in [0.3, 0.4) is 0 Å². The van der Waals surface area contributed by atoms with E-state index in [1.54, 1.807) is 5.92 Å². The van der Waals surface area contributed by atoms with Crippen LogP contribution in [-0.2, 0) is 0 Å². The molecule has 3 saturated carbocycles. The van der Waals surface area contributed by atoms with Crippen LogP contribution < -0.4 is 0 Å². The third-order valence-electron chi connectivity index (χ3n) is 4.97. The SMILES string of the molecule is CC(C)=CCCC1(C)C2CC[C+](C)C1C2. The molecule has 0 amide bonds. The fourth-order valence-electron chi connectivity index (χ4n) is 3.78. The normalized spacial score (nSPS) is 38.5. The molecule has 0 saturated heterocycles. The van der Waals surface area contributed by atoms with E-state index in [0.29, 0.717) is 5.41 Å². The average molecular weight is 205 g/mol. The molecule has 0 aromatic carbocycles. The van der Waals surface area contributed by atoms with Gasteiger partial charge in [-0.2, -0.15) is 0 Å². The van der Waals surface area contributed by atoms with Gasteiger partial charge in [0.15, 0.2) is 0 Å². The van der Waals surface area contributed by atoms with E-state index >= 15 is 0 Å². The van der Waals surface area contributed by atoms with E-state index in [0.717, 1.165) is 11.8 Å². The van der Waals surface area contributed by atoms with Crippen molar-refractivity contribution in [3.63, 3.8) is 0 Å². The van der Waals surface area contributed by atoms with E-state index in [9.17, 15) is 0 Å². The Hall–Kier alpha value is -0.390. The lowest BCUT2D eigenvalue weighted by molar-refractivity contribution is -0.0685. The maximum Gasteiger partial charge on any atom is 0.106 e. The second-order valence-electron chi connectivity index (χ2n) is 6.20. The van der Waals surface area contributed by atoms with Gasteiger partial charge in [0.05, 0.1) is 19.3 Å². The third kappa shape index (κ3) is 1.84. The molecule has 3 unspecified atom stereocenters. The highest BCUT2D eigenvalue weighted by Gasteiger charge is 2.61. The van der Waals surface area contributed by atoms with Crippen molar-refractivity contribution in [3.05, 3.63) is 17.6 Å². The minimum atomic E-state index is 0.661. The second kappa shape index (κ2) is 3.88. The van der Waals surface area contributed by atoms with Crippen LogP contribution in [0.4, 0.5) is 0 Å². The smallest absolute Gasteiger partial charge is 0.0859 e. The molecule has 0 radical (unpaired) electrons. The van der Waals surface area contributed by atoms with E-state index in [1.807, 2.05) is 0 Å². The summed E-state index contributed by atoms with van der Waals surface area (Å²) < 4.78 is 0. The Bertz CT molecular complexity index is 257. The molecule has 3 aliphatic carbocycles. The quantitative estimate of drug-likeness (QED) is 0.460.